The third-order valence-electron chi connectivity index (χ3n) is 2.61. The number of benzene rings is 1. The number of amides is 1. The van der Waals surface area contributed by atoms with E-state index in [0.717, 1.165) is 5.56 Å². The Morgan fingerprint density at radius 2 is 2.15 bits per heavy atom. The summed E-state index contributed by atoms with van der Waals surface area (Å²) in [5.41, 5.74) is 1.45. The highest BCUT2D eigenvalue weighted by molar-refractivity contribution is 9.10. The van der Waals surface area contributed by atoms with Gasteiger partial charge >= 0.3 is 5.82 Å². The van der Waals surface area contributed by atoms with Crippen LogP contribution < -0.4 is 5.32 Å². The summed E-state index contributed by atoms with van der Waals surface area (Å²) in [5, 5.41) is 13.7. The summed E-state index contributed by atoms with van der Waals surface area (Å²) in [5.74, 6) is -0.727. The molecule has 1 aromatic heterocycles. The number of nitrogens with one attached hydrogen (secondary N) is 2. The second kappa shape index (κ2) is 5.64. The van der Waals surface area contributed by atoms with E-state index >= 15 is 0 Å². The van der Waals surface area contributed by atoms with Crippen molar-refractivity contribution in [1.82, 2.24) is 4.98 Å². The largest absolute Gasteiger partial charge is 0.358 e. The first-order valence-corrected chi connectivity index (χ1v) is 6.66. The van der Waals surface area contributed by atoms with Crippen LogP contribution in [0.5, 0.6) is 0 Å². The van der Waals surface area contributed by atoms with Crippen LogP contribution in [0.1, 0.15) is 16.1 Å². The maximum absolute atomic E-state index is 12.0. The third kappa shape index (κ3) is 3.00. The molecule has 20 heavy (non-hydrogen) atoms. The highest BCUT2D eigenvalue weighted by atomic mass is 79.9. The monoisotopic (exact) mass is 357 g/mol. The number of H-pyrrole nitrogens is 1. The third-order valence-corrected chi connectivity index (χ3v) is 3.67. The minimum absolute atomic E-state index is 0.0975. The molecule has 0 spiro atoms. The van der Waals surface area contributed by atoms with Gasteiger partial charge < -0.3 is 15.4 Å². The van der Waals surface area contributed by atoms with E-state index in [1.54, 1.807) is 12.1 Å². The summed E-state index contributed by atoms with van der Waals surface area (Å²) < 4.78 is 0.675. The van der Waals surface area contributed by atoms with Crippen molar-refractivity contribution in [2.24, 2.45) is 0 Å². The lowest BCUT2D eigenvalue weighted by molar-refractivity contribution is -0.389. The molecular weight excluding hydrogens is 350 g/mol. The van der Waals surface area contributed by atoms with Crippen LogP contribution in [0.2, 0.25) is 5.02 Å². The molecule has 0 aliphatic carbocycles. The van der Waals surface area contributed by atoms with Crippen molar-refractivity contribution in [3.63, 3.8) is 0 Å². The van der Waals surface area contributed by atoms with Crippen molar-refractivity contribution in [3.8, 4) is 0 Å². The minimum atomic E-state index is -0.602. The number of carbonyl (C=O) groups excluding carboxylic acids is 1. The number of aromatic nitrogens is 1. The molecule has 1 heterocycles. The Kier molecular flexibility index (Phi) is 4.10. The van der Waals surface area contributed by atoms with Crippen molar-refractivity contribution in [2.75, 3.05) is 5.32 Å². The Morgan fingerprint density at radius 1 is 1.45 bits per heavy atom. The number of anilines is 1. The van der Waals surface area contributed by atoms with E-state index in [9.17, 15) is 14.9 Å². The summed E-state index contributed by atoms with van der Waals surface area (Å²) in [6, 6.07) is 5.95. The molecule has 2 aromatic rings. The molecule has 0 saturated heterocycles. The number of halogens is 2. The zero-order valence-electron chi connectivity index (χ0n) is 10.2. The van der Waals surface area contributed by atoms with Gasteiger partial charge in [0.2, 0.25) is 0 Å². The highest BCUT2D eigenvalue weighted by Crippen LogP contribution is 2.29. The topological polar surface area (TPSA) is 88.0 Å². The predicted molar refractivity (Wildman–Crippen MR) is 79.3 cm³/mol. The molecule has 0 atom stereocenters. The summed E-state index contributed by atoms with van der Waals surface area (Å²) in [6.07, 6.45) is 0. The average Bonchev–Trinajstić information content (AvgIpc) is 2.85. The van der Waals surface area contributed by atoms with Gasteiger partial charge in [-0.25, -0.2) is 4.98 Å². The lowest BCUT2D eigenvalue weighted by atomic mass is 10.2. The second-order valence-electron chi connectivity index (χ2n) is 4.05. The number of hydrogen-bond donors (Lipinski definition) is 2. The van der Waals surface area contributed by atoms with Crippen molar-refractivity contribution < 1.29 is 9.72 Å². The molecule has 0 fully saturated rings. The zero-order chi connectivity index (χ0) is 14.9. The quantitative estimate of drug-likeness (QED) is 0.644. The molecule has 2 rings (SSSR count). The van der Waals surface area contributed by atoms with Crippen LogP contribution in [0.15, 0.2) is 28.7 Å². The molecule has 2 N–H and O–H groups in total. The zero-order valence-corrected chi connectivity index (χ0v) is 12.6. The van der Waals surface area contributed by atoms with Gasteiger partial charge in [-0.1, -0.05) is 11.6 Å². The molecule has 1 amide bonds. The molecule has 0 saturated carbocycles. The van der Waals surface area contributed by atoms with Crippen LogP contribution in [0.3, 0.4) is 0 Å². The predicted octanol–water partition coefficient (Wildman–Crippen LogP) is 3.90. The number of nitrogens with zero attached hydrogens (tertiary/aromatic N) is 1. The Balaban J connectivity index is 2.23. The van der Waals surface area contributed by atoms with Crippen molar-refractivity contribution in [1.29, 1.82) is 0 Å². The van der Waals surface area contributed by atoms with E-state index in [2.05, 4.69) is 26.2 Å². The summed E-state index contributed by atoms with van der Waals surface area (Å²) in [7, 11) is 0. The molecule has 8 heteroatoms. The van der Waals surface area contributed by atoms with Gasteiger partial charge in [0.25, 0.3) is 5.91 Å². The fraction of sp³-hybridized carbons (Fsp3) is 0.0833. The van der Waals surface area contributed by atoms with Gasteiger partial charge in [-0.3, -0.25) is 4.79 Å². The molecule has 1 aromatic carbocycles. The highest BCUT2D eigenvalue weighted by Gasteiger charge is 2.16. The molecule has 6 nitrogen and oxygen atoms in total. The first-order valence-electron chi connectivity index (χ1n) is 5.49. The molecule has 0 aliphatic heterocycles. The fourth-order valence-electron chi connectivity index (χ4n) is 1.55. The summed E-state index contributed by atoms with van der Waals surface area (Å²) >= 11 is 9.31. The number of aryl methyl sites for hydroxylation is 1. The van der Waals surface area contributed by atoms with Crippen LogP contribution in [-0.4, -0.2) is 15.8 Å². The number of aromatic amines is 1. The van der Waals surface area contributed by atoms with E-state index < -0.39 is 10.8 Å². The van der Waals surface area contributed by atoms with Gasteiger partial charge in [0, 0.05) is 15.6 Å². The Bertz CT molecular complexity index is 699. The fourth-order valence-corrected chi connectivity index (χ4v) is 2.27. The summed E-state index contributed by atoms with van der Waals surface area (Å²) in [4.78, 5) is 24.3. The number of nitro groups is 1. The second-order valence-corrected chi connectivity index (χ2v) is 5.31. The van der Waals surface area contributed by atoms with Gasteiger partial charge in [0.05, 0.1) is 5.69 Å². The van der Waals surface area contributed by atoms with Crippen LogP contribution in [0.4, 0.5) is 11.5 Å². The van der Waals surface area contributed by atoms with E-state index in [1.165, 1.54) is 12.1 Å². The van der Waals surface area contributed by atoms with Crippen LogP contribution >= 0.6 is 27.5 Å². The van der Waals surface area contributed by atoms with Gasteiger partial charge in [0.15, 0.2) is 5.69 Å². The first kappa shape index (κ1) is 14.5. The van der Waals surface area contributed by atoms with E-state index in [1.807, 2.05) is 6.92 Å². The molecular formula is C12H9BrClN3O3. The summed E-state index contributed by atoms with van der Waals surface area (Å²) in [6.45, 7) is 1.84. The lowest BCUT2D eigenvalue weighted by Gasteiger charge is -2.08. The maximum atomic E-state index is 12.0. The maximum Gasteiger partial charge on any atom is 0.321 e. The molecule has 104 valence electrons. The van der Waals surface area contributed by atoms with Crippen molar-refractivity contribution in [3.05, 3.63) is 55.1 Å². The smallest absolute Gasteiger partial charge is 0.321 e. The van der Waals surface area contributed by atoms with Gasteiger partial charge in [-0.15, -0.1) is 0 Å². The van der Waals surface area contributed by atoms with Crippen LogP contribution in [-0.2, 0) is 0 Å². The van der Waals surface area contributed by atoms with Crippen molar-refractivity contribution >= 4 is 44.9 Å². The number of carbonyl (C=O) groups is 1. The molecule has 0 bridgehead atoms. The normalized spacial score (nSPS) is 10.3. The van der Waals surface area contributed by atoms with Gasteiger partial charge in [-0.2, -0.15) is 0 Å². The Hall–Kier alpha value is -1.86. The van der Waals surface area contributed by atoms with Crippen LogP contribution in [0.25, 0.3) is 0 Å². The van der Waals surface area contributed by atoms with Gasteiger partial charge in [0.1, 0.15) is 0 Å². The first-order chi connectivity index (χ1) is 9.38. The van der Waals surface area contributed by atoms with E-state index in [0.29, 0.717) is 15.2 Å². The number of rotatable bonds is 3. The molecule has 0 aliphatic rings. The van der Waals surface area contributed by atoms with E-state index in [4.69, 9.17) is 11.6 Å². The standard InChI is InChI=1S/C12H9BrClN3O3/c1-6-4-7(13)10(5-8(6)14)16-12(18)9-2-3-11(15-9)17(19)20/h2-5,15H,1H3,(H,16,18). The van der Waals surface area contributed by atoms with Crippen molar-refractivity contribution in [2.45, 2.75) is 6.92 Å². The lowest BCUT2D eigenvalue weighted by Crippen LogP contribution is -2.13. The number of hydrogen-bond acceptors (Lipinski definition) is 3. The van der Waals surface area contributed by atoms with Crippen LogP contribution in [0, 0.1) is 17.0 Å². The van der Waals surface area contributed by atoms with Gasteiger partial charge in [-0.05, 0) is 51.5 Å². The SMILES string of the molecule is Cc1cc(Br)c(NC(=O)c2ccc([N+](=O)[O-])[nH]2)cc1Cl. The Labute approximate surface area is 127 Å². The molecule has 0 radical (unpaired) electrons. The minimum Gasteiger partial charge on any atom is -0.358 e. The molecule has 0 unspecified atom stereocenters. The Morgan fingerprint density at radius 3 is 2.75 bits per heavy atom. The average molecular weight is 359 g/mol. The van der Waals surface area contributed by atoms with E-state index in [-0.39, 0.29) is 11.5 Å².